The maximum absolute atomic E-state index is 10.4. The van der Waals surface area contributed by atoms with E-state index in [1.165, 1.54) is 6.92 Å². The molecule has 0 aromatic heterocycles. The summed E-state index contributed by atoms with van der Waals surface area (Å²) in [6.07, 6.45) is 0. The molecule has 0 aliphatic heterocycles. The highest BCUT2D eigenvalue weighted by Gasteiger charge is 2.11. The van der Waals surface area contributed by atoms with Gasteiger partial charge in [0, 0.05) is 5.41 Å². The molecule has 8 heavy (non-hydrogen) atoms. The molecule has 2 nitrogen and oxygen atoms in total. The molecule has 0 aliphatic rings. The van der Waals surface area contributed by atoms with Crippen molar-refractivity contribution in [3.63, 3.8) is 0 Å². The van der Waals surface area contributed by atoms with Crippen LogP contribution < -0.4 is 0 Å². The van der Waals surface area contributed by atoms with Gasteiger partial charge in [0.05, 0.1) is 0 Å². The van der Waals surface area contributed by atoms with Crippen LogP contribution in [0.1, 0.15) is 6.92 Å². The highest BCUT2D eigenvalue weighted by Crippen LogP contribution is 2.05. The van der Waals surface area contributed by atoms with Crippen molar-refractivity contribution in [1.29, 1.82) is 0 Å². The lowest BCUT2D eigenvalue weighted by atomic mass is 11.0. The SMILES string of the molecule is C=CS(=O)(=O)C(C)Cl. The number of sulfone groups is 1. The molecule has 0 amide bonds. The van der Waals surface area contributed by atoms with Crippen molar-refractivity contribution in [3.8, 4) is 0 Å². The number of hydrogen-bond donors (Lipinski definition) is 0. The Morgan fingerprint density at radius 3 is 2.12 bits per heavy atom. The van der Waals surface area contributed by atoms with Crippen LogP contribution >= 0.6 is 11.6 Å². The van der Waals surface area contributed by atoms with Crippen LogP contribution in [-0.4, -0.2) is 13.1 Å². The van der Waals surface area contributed by atoms with Gasteiger partial charge in [0.25, 0.3) is 0 Å². The Bertz CT molecular complexity index is 168. The average Bonchev–Trinajstić information content (AvgIpc) is 1.67. The molecule has 0 aromatic rings. The Labute approximate surface area is 54.1 Å². The number of rotatable bonds is 2. The molecule has 0 radical (unpaired) electrons. The summed E-state index contributed by atoms with van der Waals surface area (Å²) in [5.74, 6) is 0. The Balaban J connectivity index is 4.40. The summed E-state index contributed by atoms with van der Waals surface area (Å²) in [7, 11) is -3.21. The molecule has 0 saturated carbocycles. The largest absolute Gasteiger partial charge is 0.223 e. The van der Waals surface area contributed by atoms with Gasteiger partial charge in [0.15, 0.2) is 9.84 Å². The van der Waals surface area contributed by atoms with Crippen LogP contribution in [0.25, 0.3) is 0 Å². The Hall–Kier alpha value is -0.0200. The molecule has 1 atom stereocenters. The lowest BCUT2D eigenvalue weighted by Gasteiger charge is -1.95. The van der Waals surface area contributed by atoms with E-state index in [9.17, 15) is 8.42 Å². The quantitative estimate of drug-likeness (QED) is 0.559. The highest BCUT2D eigenvalue weighted by molar-refractivity contribution is 7.96. The number of hydrogen-bond acceptors (Lipinski definition) is 2. The second kappa shape index (κ2) is 2.51. The molecule has 0 rings (SSSR count). The standard InChI is InChI=1S/C4H7ClO2S/c1-3-8(6,7)4(2)5/h3-4H,1H2,2H3. The molecule has 0 spiro atoms. The second-order valence-electron chi connectivity index (χ2n) is 1.30. The Morgan fingerprint density at radius 2 is 2.12 bits per heavy atom. The summed E-state index contributed by atoms with van der Waals surface area (Å²) in [5.41, 5.74) is 0. The molecule has 0 saturated heterocycles. The maximum atomic E-state index is 10.4. The monoisotopic (exact) mass is 154 g/mol. The topological polar surface area (TPSA) is 34.1 Å². The van der Waals surface area contributed by atoms with E-state index in [0.29, 0.717) is 0 Å². The molecule has 4 heteroatoms. The molecule has 48 valence electrons. The zero-order valence-corrected chi connectivity index (χ0v) is 6.04. The fourth-order valence-electron chi connectivity index (χ4n) is 0.133. The average molecular weight is 155 g/mol. The van der Waals surface area contributed by atoms with E-state index in [1.807, 2.05) is 0 Å². The van der Waals surface area contributed by atoms with Crippen molar-refractivity contribution >= 4 is 21.4 Å². The van der Waals surface area contributed by atoms with E-state index < -0.39 is 14.5 Å². The van der Waals surface area contributed by atoms with Gasteiger partial charge in [-0.1, -0.05) is 6.58 Å². The third-order valence-corrected chi connectivity index (χ3v) is 2.80. The lowest BCUT2D eigenvalue weighted by Crippen LogP contribution is -2.05. The minimum Gasteiger partial charge on any atom is -0.223 e. The van der Waals surface area contributed by atoms with Crippen molar-refractivity contribution in [2.45, 2.75) is 11.6 Å². The van der Waals surface area contributed by atoms with Crippen LogP contribution in [0.2, 0.25) is 0 Å². The van der Waals surface area contributed by atoms with Crippen LogP contribution in [0.15, 0.2) is 12.0 Å². The van der Waals surface area contributed by atoms with E-state index in [-0.39, 0.29) is 0 Å². The summed E-state index contributed by atoms with van der Waals surface area (Å²) in [5, 5.41) is 0.852. The summed E-state index contributed by atoms with van der Waals surface area (Å²) in [6.45, 7) is 4.47. The fraction of sp³-hybridized carbons (Fsp3) is 0.500. The van der Waals surface area contributed by atoms with Crippen molar-refractivity contribution < 1.29 is 8.42 Å². The molecule has 0 heterocycles. The van der Waals surface area contributed by atoms with E-state index in [4.69, 9.17) is 11.6 Å². The molecule has 1 unspecified atom stereocenters. The summed E-state index contributed by atoms with van der Waals surface area (Å²) < 4.78 is 20.0. The number of alkyl halides is 1. The lowest BCUT2D eigenvalue weighted by molar-refractivity contribution is 0.603. The maximum Gasteiger partial charge on any atom is 0.187 e. The predicted molar refractivity (Wildman–Crippen MR) is 34.4 cm³/mol. The van der Waals surface area contributed by atoms with Gasteiger partial charge < -0.3 is 0 Å². The smallest absolute Gasteiger partial charge is 0.187 e. The molecular formula is C4H7ClO2S. The van der Waals surface area contributed by atoms with E-state index in [0.717, 1.165) is 5.41 Å². The molecule has 0 aromatic carbocycles. The summed E-state index contributed by atoms with van der Waals surface area (Å²) >= 11 is 5.21. The van der Waals surface area contributed by atoms with E-state index in [2.05, 4.69) is 6.58 Å². The predicted octanol–water partition coefficient (Wildman–Crippen LogP) is 1.13. The molecular weight excluding hydrogens is 148 g/mol. The molecule has 0 bridgehead atoms. The zero-order valence-electron chi connectivity index (χ0n) is 4.46. The van der Waals surface area contributed by atoms with Gasteiger partial charge in [-0.15, -0.1) is 11.6 Å². The third kappa shape index (κ3) is 1.84. The molecule has 0 fully saturated rings. The third-order valence-electron chi connectivity index (χ3n) is 0.685. The Morgan fingerprint density at radius 1 is 1.75 bits per heavy atom. The van der Waals surface area contributed by atoms with Crippen molar-refractivity contribution in [3.05, 3.63) is 12.0 Å². The second-order valence-corrected chi connectivity index (χ2v) is 4.43. The fourth-order valence-corrected chi connectivity index (χ4v) is 0.616. The van der Waals surface area contributed by atoms with Gasteiger partial charge in [0.2, 0.25) is 0 Å². The van der Waals surface area contributed by atoms with Gasteiger partial charge in [-0.3, -0.25) is 0 Å². The van der Waals surface area contributed by atoms with Gasteiger partial charge in [0.1, 0.15) is 4.71 Å². The van der Waals surface area contributed by atoms with Crippen molar-refractivity contribution in [1.82, 2.24) is 0 Å². The first-order chi connectivity index (χ1) is 3.50. The van der Waals surface area contributed by atoms with Gasteiger partial charge >= 0.3 is 0 Å². The first-order valence-electron chi connectivity index (χ1n) is 2.01. The van der Waals surface area contributed by atoms with Crippen molar-refractivity contribution in [2.75, 3.05) is 0 Å². The van der Waals surface area contributed by atoms with Gasteiger partial charge in [-0.2, -0.15) is 0 Å². The molecule has 0 aliphatic carbocycles. The van der Waals surface area contributed by atoms with Crippen LogP contribution in [0, 0.1) is 0 Å². The highest BCUT2D eigenvalue weighted by atomic mass is 35.5. The van der Waals surface area contributed by atoms with Crippen molar-refractivity contribution in [2.24, 2.45) is 0 Å². The zero-order chi connectivity index (χ0) is 6.78. The van der Waals surface area contributed by atoms with Crippen LogP contribution in [0.3, 0.4) is 0 Å². The summed E-state index contributed by atoms with van der Waals surface area (Å²) in [6, 6.07) is 0. The molecule has 0 N–H and O–H groups in total. The van der Waals surface area contributed by atoms with Crippen LogP contribution in [0.4, 0.5) is 0 Å². The minimum absolute atomic E-state index is 0.852. The first kappa shape index (κ1) is 7.98. The van der Waals surface area contributed by atoms with Crippen LogP contribution in [-0.2, 0) is 9.84 Å². The van der Waals surface area contributed by atoms with Gasteiger partial charge in [-0.05, 0) is 6.92 Å². The van der Waals surface area contributed by atoms with Crippen LogP contribution in [0.5, 0.6) is 0 Å². The van der Waals surface area contributed by atoms with Gasteiger partial charge in [-0.25, -0.2) is 8.42 Å². The Kier molecular flexibility index (Phi) is 2.50. The minimum atomic E-state index is -3.21. The number of halogens is 1. The van der Waals surface area contributed by atoms with E-state index in [1.54, 1.807) is 0 Å². The summed E-state index contributed by atoms with van der Waals surface area (Å²) in [4.78, 5) is 0. The van der Waals surface area contributed by atoms with E-state index >= 15 is 0 Å². The first-order valence-corrected chi connectivity index (χ1v) is 4.05. The normalized spacial score (nSPS) is 15.2.